The molecule has 0 aliphatic heterocycles. The number of anilines is 1. The average Bonchev–Trinajstić information content (AvgIpc) is 2.46. The van der Waals surface area contributed by atoms with Gasteiger partial charge in [0.25, 0.3) is 0 Å². The summed E-state index contributed by atoms with van der Waals surface area (Å²) in [6, 6.07) is 17.3. The van der Waals surface area contributed by atoms with Gasteiger partial charge in [0.15, 0.2) is 0 Å². The summed E-state index contributed by atoms with van der Waals surface area (Å²) in [5.41, 5.74) is 5.32. The third-order valence-corrected chi connectivity index (χ3v) is 3.51. The van der Waals surface area contributed by atoms with Gasteiger partial charge >= 0.3 is 0 Å². The van der Waals surface area contributed by atoms with Crippen LogP contribution in [0.5, 0.6) is 0 Å². The normalized spacial score (nSPS) is 10.6. The van der Waals surface area contributed by atoms with Gasteiger partial charge in [-0.15, -0.1) is 0 Å². The second kappa shape index (κ2) is 7.11. The number of hydrogen-bond acceptors (Lipinski definition) is 2. The zero-order valence-electron chi connectivity index (χ0n) is 12.7. The molecule has 0 saturated heterocycles. The van der Waals surface area contributed by atoms with Gasteiger partial charge in [0.1, 0.15) is 0 Å². The maximum Gasteiger partial charge on any atom is 0.0426 e. The van der Waals surface area contributed by atoms with E-state index in [0.717, 1.165) is 19.6 Å². The Morgan fingerprint density at radius 2 is 1.75 bits per heavy atom. The Morgan fingerprint density at radius 3 is 2.40 bits per heavy atom. The number of rotatable bonds is 6. The minimum absolute atomic E-state index is 0.939. The van der Waals surface area contributed by atoms with Crippen LogP contribution in [-0.2, 0) is 13.1 Å². The van der Waals surface area contributed by atoms with E-state index in [4.69, 9.17) is 0 Å². The summed E-state index contributed by atoms with van der Waals surface area (Å²) in [7, 11) is 2.15. The van der Waals surface area contributed by atoms with Crippen LogP contribution in [0.3, 0.4) is 0 Å². The Balaban J connectivity index is 2.08. The van der Waals surface area contributed by atoms with Gasteiger partial charge in [0, 0.05) is 25.8 Å². The molecule has 20 heavy (non-hydrogen) atoms. The molecule has 2 nitrogen and oxygen atoms in total. The second-order valence-electron chi connectivity index (χ2n) is 5.24. The van der Waals surface area contributed by atoms with Crippen molar-refractivity contribution in [3.63, 3.8) is 0 Å². The summed E-state index contributed by atoms with van der Waals surface area (Å²) in [5.74, 6) is 0. The van der Waals surface area contributed by atoms with Gasteiger partial charge < -0.3 is 10.2 Å². The number of aryl methyl sites for hydroxylation is 1. The zero-order valence-corrected chi connectivity index (χ0v) is 12.7. The Bertz CT molecular complexity index is 534. The lowest BCUT2D eigenvalue weighted by atomic mass is 10.1. The fourth-order valence-electron chi connectivity index (χ4n) is 2.47. The molecule has 106 valence electrons. The van der Waals surface area contributed by atoms with Crippen LogP contribution in [0.2, 0.25) is 0 Å². The van der Waals surface area contributed by atoms with Crippen molar-refractivity contribution in [3.05, 3.63) is 65.2 Å². The van der Waals surface area contributed by atoms with Crippen molar-refractivity contribution in [2.24, 2.45) is 0 Å². The van der Waals surface area contributed by atoms with Crippen molar-refractivity contribution in [3.8, 4) is 0 Å². The van der Waals surface area contributed by atoms with Crippen LogP contribution in [-0.4, -0.2) is 13.6 Å². The highest BCUT2D eigenvalue weighted by Crippen LogP contribution is 2.21. The van der Waals surface area contributed by atoms with Gasteiger partial charge in [0.2, 0.25) is 0 Å². The lowest BCUT2D eigenvalue weighted by Crippen LogP contribution is -2.18. The van der Waals surface area contributed by atoms with Gasteiger partial charge in [-0.3, -0.25) is 0 Å². The van der Waals surface area contributed by atoms with Gasteiger partial charge in [-0.25, -0.2) is 0 Å². The summed E-state index contributed by atoms with van der Waals surface area (Å²) < 4.78 is 0. The molecule has 0 aliphatic carbocycles. The van der Waals surface area contributed by atoms with Crippen LogP contribution in [0, 0.1) is 6.92 Å². The predicted molar refractivity (Wildman–Crippen MR) is 87.1 cm³/mol. The van der Waals surface area contributed by atoms with E-state index in [0.29, 0.717) is 0 Å². The highest BCUT2D eigenvalue weighted by atomic mass is 15.1. The smallest absolute Gasteiger partial charge is 0.0426 e. The summed E-state index contributed by atoms with van der Waals surface area (Å²) in [4.78, 5) is 2.31. The SMILES string of the molecule is CCNCc1ccc(N(C)Cc2ccccc2)c(C)c1. The molecule has 0 atom stereocenters. The molecular formula is C18H24N2. The first-order valence-corrected chi connectivity index (χ1v) is 7.26. The van der Waals surface area contributed by atoms with Crippen molar-refractivity contribution in [2.75, 3.05) is 18.5 Å². The summed E-state index contributed by atoms with van der Waals surface area (Å²) >= 11 is 0. The lowest BCUT2D eigenvalue weighted by Gasteiger charge is -2.22. The van der Waals surface area contributed by atoms with Crippen LogP contribution >= 0.6 is 0 Å². The number of nitrogens with zero attached hydrogens (tertiary/aromatic N) is 1. The second-order valence-corrected chi connectivity index (χ2v) is 5.24. The first-order chi connectivity index (χ1) is 9.70. The summed E-state index contributed by atoms with van der Waals surface area (Å²) in [5, 5.41) is 3.37. The highest BCUT2D eigenvalue weighted by molar-refractivity contribution is 5.54. The van der Waals surface area contributed by atoms with Crippen molar-refractivity contribution in [1.29, 1.82) is 0 Å². The maximum atomic E-state index is 3.37. The standard InChI is InChI=1S/C18H24N2/c1-4-19-13-17-10-11-18(15(2)12-17)20(3)14-16-8-6-5-7-9-16/h5-12,19H,4,13-14H2,1-3H3. The van der Waals surface area contributed by atoms with Crippen LogP contribution in [0.15, 0.2) is 48.5 Å². The van der Waals surface area contributed by atoms with Gasteiger partial charge in [-0.2, -0.15) is 0 Å². The van der Waals surface area contributed by atoms with E-state index in [1.807, 2.05) is 0 Å². The minimum Gasteiger partial charge on any atom is -0.370 e. The molecule has 2 aromatic rings. The van der Waals surface area contributed by atoms with Crippen molar-refractivity contribution >= 4 is 5.69 Å². The van der Waals surface area contributed by atoms with E-state index in [2.05, 4.69) is 79.6 Å². The van der Waals surface area contributed by atoms with E-state index in [1.54, 1.807) is 0 Å². The molecule has 0 aromatic heterocycles. The van der Waals surface area contributed by atoms with E-state index in [9.17, 15) is 0 Å². The number of nitrogens with one attached hydrogen (secondary N) is 1. The molecule has 2 aromatic carbocycles. The molecule has 1 N–H and O–H groups in total. The molecule has 0 bridgehead atoms. The van der Waals surface area contributed by atoms with Crippen molar-refractivity contribution in [1.82, 2.24) is 5.32 Å². The van der Waals surface area contributed by atoms with E-state index in [1.165, 1.54) is 22.4 Å². The molecule has 0 aliphatic rings. The number of benzene rings is 2. The minimum atomic E-state index is 0.939. The average molecular weight is 268 g/mol. The first-order valence-electron chi connectivity index (χ1n) is 7.26. The molecule has 2 heteroatoms. The fraction of sp³-hybridized carbons (Fsp3) is 0.333. The molecule has 2 rings (SSSR count). The van der Waals surface area contributed by atoms with E-state index in [-0.39, 0.29) is 0 Å². The first kappa shape index (κ1) is 14.6. The third-order valence-electron chi connectivity index (χ3n) is 3.51. The van der Waals surface area contributed by atoms with Crippen molar-refractivity contribution < 1.29 is 0 Å². The Kier molecular flexibility index (Phi) is 5.19. The summed E-state index contributed by atoms with van der Waals surface area (Å²) in [6.07, 6.45) is 0. The van der Waals surface area contributed by atoms with Crippen molar-refractivity contribution in [2.45, 2.75) is 26.9 Å². The molecule has 0 heterocycles. The highest BCUT2D eigenvalue weighted by Gasteiger charge is 2.06. The van der Waals surface area contributed by atoms with Crippen LogP contribution < -0.4 is 10.2 Å². The molecule has 0 amide bonds. The molecule has 0 spiro atoms. The van der Waals surface area contributed by atoms with E-state index < -0.39 is 0 Å². The molecule has 0 saturated carbocycles. The Morgan fingerprint density at radius 1 is 1.00 bits per heavy atom. The fourth-order valence-corrected chi connectivity index (χ4v) is 2.47. The monoisotopic (exact) mass is 268 g/mol. The van der Waals surface area contributed by atoms with Crippen LogP contribution in [0.1, 0.15) is 23.6 Å². The van der Waals surface area contributed by atoms with Gasteiger partial charge in [0.05, 0.1) is 0 Å². The van der Waals surface area contributed by atoms with Gasteiger partial charge in [-0.05, 0) is 36.2 Å². The third kappa shape index (κ3) is 3.84. The molecule has 0 unspecified atom stereocenters. The van der Waals surface area contributed by atoms with Crippen LogP contribution in [0.25, 0.3) is 0 Å². The predicted octanol–water partition coefficient (Wildman–Crippen LogP) is 3.74. The van der Waals surface area contributed by atoms with Crippen LogP contribution in [0.4, 0.5) is 5.69 Å². The quantitative estimate of drug-likeness (QED) is 0.858. The summed E-state index contributed by atoms with van der Waals surface area (Å²) in [6.45, 7) is 7.21. The zero-order chi connectivity index (χ0) is 14.4. The largest absolute Gasteiger partial charge is 0.370 e. The Labute approximate surface area is 122 Å². The topological polar surface area (TPSA) is 15.3 Å². The Hall–Kier alpha value is -1.80. The maximum absolute atomic E-state index is 3.37. The molecular weight excluding hydrogens is 244 g/mol. The van der Waals surface area contributed by atoms with E-state index >= 15 is 0 Å². The molecule has 0 radical (unpaired) electrons. The molecule has 0 fully saturated rings. The number of hydrogen-bond donors (Lipinski definition) is 1. The van der Waals surface area contributed by atoms with Gasteiger partial charge in [-0.1, -0.05) is 49.4 Å². The lowest BCUT2D eigenvalue weighted by molar-refractivity contribution is 0.726.